The maximum Gasteiger partial charge on any atom is 0.257 e. The SMILES string of the molecule is Cc1cncc(C(=O)Nc2cccc(C(C)Nc3cnc4c(c3)=C(F)CCC=4)c2)c1. The van der Waals surface area contributed by atoms with E-state index in [9.17, 15) is 9.18 Å². The molecule has 1 amide bonds. The van der Waals surface area contributed by atoms with E-state index in [1.54, 1.807) is 30.7 Å². The molecule has 2 aromatic heterocycles. The summed E-state index contributed by atoms with van der Waals surface area (Å²) in [5.41, 5.74) is 3.89. The number of aryl methyl sites for hydroxylation is 1. The predicted molar refractivity (Wildman–Crippen MR) is 117 cm³/mol. The standard InChI is InChI=1S/C24H23FN4O/c1-15-9-18(13-26-12-15)24(30)29-19-6-3-5-17(10-19)16(2)28-20-11-21-22(25)7-4-8-23(21)27-14-20/h3,5-6,8-14,16,28H,4,7H2,1-2H3,(H,29,30). The number of benzene rings is 1. The maximum atomic E-state index is 14.1. The summed E-state index contributed by atoms with van der Waals surface area (Å²) < 4.78 is 14.1. The van der Waals surface area contributed by atoms with Gasteiger partial charge in [0.25, 0.3) is 5.91 Å². The highest BCUT2D eigenvalue weighted by atomic mass is 19.1. The molecule has 0 saturated carbocycles. The molecule has 0 aliphatic heterocycles. The van der Waals surface area contributed by atoms with Crippen LogP contribution in [-0.2, 0) is 0 Å². The Hall–Kier alpha value is -3.54. The van der Waals surface area contributed by atoms with Crippen molar-refractivity contribution in [3.05, 3.63) is 82.2 Å². The van der Waals surface area contributed by atoms with Crippen LogP contribution in [0, 0.1) is 6.92 Å². The molecule has 1 atom stereocenters. The molecule has 1 aliphatic rings. The van der Waals surface area contributed by atoms with Crippen molar-refractivity contribution in [1.29, 1.82) is 0 Å². The minimum atomic E-state index is -0.204. The highest BCUT2D eigenvalue weighted by molar-refractivity contribution is 6.04. The van der Waals surface area contributed by atoms with Gasteiger partial charge >= 0.3 is 0 Å². The summed E-state index contributed by atoms with van der Waals surface area (Å²) in [5.74, 6) is -0.322. The van der Waals surface area contributed by atoms with Gasteiger partial charge < -0.3 is 10.6 Å². The second-order valence-corrected chi connectivity index (χ2v) is 7.50. The van der Waals surface area contributed by atoms with Crippen LogP contribution >= 0.6 is 0 Å². The Morgan fingerprint density at radius 3 is 2.83 bits per heavy atom. The molecule has 1 unspecified atom stereocenters. The first-order chi connectivity index (χ1) is 14.5. The number of nitrogens with zero attached hydrogens (tertiary/aromatic N) is 2. The minimum Gasteiger partial charge on any atom is -0.377 e. The van der Waals surface area contributed by atoms with E-state index >= 15 is 0 Å². The van der Waals surface area contributed by atoms with Gasteiger partial charge in [-0.25, -0.2) is 4.39 Å². The fraction of sp³-hybridized carbons (Fsp3) is 0.208. The van der Waals surface area contributed by atoms with Crippen LogP contribution in [0.5, 0.6) is 0 Å². The topological polar surface area (TPSA) is 66.9 Å². The predicted octanol–water partition coefficient (Wildman–Crippen LogP) is 3.86. The highest BCUT2D eigenvalue weighted by Crippen LogP contribution is 2.22. The van der Waals surface area contributed by atoms with Gasteiger partial charge in [-0.1, -0.05) is 18.2 Å². The number of carbonyl (C=O) groups excluding carboxylic acids is 1. The Bertz CT molecular complexity index is 1220. The van der Waals surface area contributed by atoms with Gasteiger partial charge in [0.05, 0.1) is 22.8 Å². The molecule has 0 fully saturated rings. The third-order valence-corrected chi connectivity index (χ3v) is 5.08. The minimum absolute atomic E-state index is 0.0574. The number of halogens is 1. The molecular formula is C24H23FN4O. The van der Waals surface area contributed by atoms with E-state index in [1.807, 2.05) is 44.2 Å². The van der Waals surface area contributed by atoms with E-state index in [2.05, 4.69) is 20.6 Å². The number of nitrogens with one attached hydrogen (secondary N) is 2. The summed E-state index contributed by atoms with van der Waals surface area (Å²) in [6.07, 6.45) is 8.05. The van der Waals surface area contributed by atoms with Crippen LogP contribution in [0.15, 0.2) is 55.0 Å². The van der Waals surface area contributed by atoms with Gasteiger partial charge in [-0.15, -0.1) is 0 Å². The van der Waals surface area contributed by atoms with Crippen LogP contribution in [0.2, 0.25) is 0 Å². The molecule has 3 aromatic rings. The van der Waals surface area contributed by atoms with E-state index in [0.717, 1.165) is 16.8 Å². The maximum absolute atomic E-state index is 14.1. The molecule has 30 heavy (non-hydrogen) atoms. The number of carbonyl (C=O) groups is 1. The molecule has 0 saturated heterocycles. The van der Waals surface area contributed by atoms with Gasteiger partial charge in [-0.3, -0.25) is 14.8 Å². The number of hydrogen-bond acceptors (Lipinski definition) is 4. The third-order valence-electron chi connectivity index (χ3n) is 5.08. The molecule has 2 heterocycles. The quantitative estimate of drug-likeness (QED) is 0.680. The van der Waals surface area contributed by atoms with Gasteiger partial charge in [-0.05, 0) is 55.7 Å². The zero-order chi connectivity index (χ0) is 21.1. The Morgan fingerprint density at radius 1 is 1.13 bits per heavy atom. The number of aromatic nitrogens is 2. The molecule has 0 radical (unpaired) electrons. The normalized spacial score (nSPS) is 13.8. The third kappa shape index (κ3) is 4.38. The second-order valence-electron chi connectivity index (χ2n) is 7.50. The molecule has 5 nitrogen and oxygen atoms in total. The van der Waals surface area contributed by atoms with E-state index < -0.39 is 0 Å². The average Bonchev–Trinajstić information content (AvgIpc) is 2.74. The van der Waals surface area contributed by atoms with E-state index in [4.69, 9.17) is 0 Å². The van der Waals surface area contributed by atoms with Crippen LogP contribution in [0.1, 0.15) is 47.3 Å². The number of amides is 1. The van der Waals surface area contributed by atoms with Crippen LogP contribution in [0.4, 0.5) is 15.8 Å². The first-order valence-electron chi connectivity index (χ1n) is 9.94. The van der Waals surface area contributed by atoms with Crippen molar-refractivity contribution in [3.8, 4) is 0 Å². The Morgan fingerprint density at radius 2 is 2.00 bits per heavy atom. The summed E-state index contributed by atoms with van der Waals surface area (Å²) in [4.78, 5) is 20.9. The first-order valence-corrected chi connectivity index (χ1v) is 9.94. The van der Waals surface area contributed by atoms with Crippen LogP contribution in [0.3, 0.4) is 0 Å². The van der Waals surface area contributed by atoms with E-state index in [1.165, 1.54) is 0 Å². The summed E-state index contributed by atoms with van der Waals surface area (Å²) in [6.45, 7) is 3.91. The molecule has 2 N–H and O–H groups in total. The lowest BCUT2D eigenvalue weighted by atomic mass is 10.1. The zero-order valence-electron chi connectivity index (χ0n) is 16.9. The lowest BCUT2D eigenvalue weighted by molar-refractivity contribution is 0.102. The van der Waals surface area contributed by atoms with Crippen LogP contribution in [0.25, 0.3) is 11.9 Å². The van der Waals surface area contributed by atoms with Crippen LogP contribution < -0.4 is 21.2 Å². The molecule has 6 heteroatoms. The number of rotatable bonds is 5. The second kappa shape index (κ2) is 8.45. The molecule has 0 spiro atoms. The Kier molecular flexibility index (Phi) is 5.57. The van der Waals surface area contributed by atoms with E-state index in [-0.39, 0.29) is 17.8 Å². The fourth-order valence-electron chi connectivity index (χ4n) is 3.51. The largest absolute Gasteiger partial charge is 0.377 e. The lowest BCUT2D eigenvalue weighted by Crippen LogP contribution is -2.32. The lowest BCUT2D eigenvalue weighted by Gasteiger charge is -2.17. The monoisotopic (exact) mass is 402 g/mol. The van der Waals surface area contributed by atoms with Gasteiger partial charge in [-0.2, -0.15) is 0 Å². The smallest absolute Gasteiger partial charge is 0.257 e. The van der Waals surface area contributed by atoms with Gasteiger partial charge in [0.15, 0.2) is 0 Å². The Balaban J connectivity index is 1.51. The fourth-order valence-corrected chi connectivity index (χ4v) is 3.51. The van der Waals surface area contributed by atoms with Crippen molar-refractivity contribution in [3.63, 3.8) is 0 Å². The van der Waals surface area contributed by atoms with Crippen molar-refractivity contribution in [2.45, 2.75) is 32.7 Å². The molecular weight excluding hydrogens is 379 g/mol. The van der Waals surface area contributed by atoms with Crippen LogP contribution in [-0.4, -0.2) is 15.9 Å². The van der Waals surface area contributed by atoms with Gasteiger partial charge in [0.2, 0.25) is 0 Å². The van der Waals surface area contributed by atoms with Gasteiger partial charge in [0.1, 0.15) is 5.83 Å². The zero-order valence-corrected chi connectivity index (χ0v) is 16.9. The number of hydrogen-bond donors (Lipinski definition) is 2. The summed E-state index contributed by atoms with van der Waals surface area (Å²) >= 11 is 0. The van der Waals surface area contributed by atoms with Crippen molar-refractivity contribution in [1.82, 2.24) is 9.97 Å². The number of anilines is 2. The number of fused-ring (bicyclic) bond motifs is 1. The van der Waals surface area contributed by atoms with E-state index in [0.29, 0.717) is 34.7 Å². The van der Waals surface area contributed by atoms with Crippen molar-refractivity contribution < 1.29 is 9.18 Å². The summed E-state index contributed by atoms with van der Waals surface area (Å²) in [7, 11) is 0. The average molecular weight is 402 g/mol. The molecule has 152 valence electrons. The molecule has 1 aromatic carbocycles. The van der Waals surface area contributed by atoms with Crippen molar-refractivity contribution in [2.24, 2.45) is 0 Å². The molecule has 0 bridgehead atoms. The van der Waals surface area contributed by atoms with Crippen molar-refractivity contribution >= 4 is 29.2 Å². The highest BCUT2D eigenvalue weighted by Gasteiger charge is 2.11. The Labute approximate surface area is 174 Å². The number of pyridine rings is 2. The molecule has 1 aliphatic carbocycles. The summed E-state index contributed by atoms with van der Waals surface area (Å²) in [5, 5.41) is 7.55. The summed E-state index contributed by atoms with van der Waals surface area (Å²) in [6, 6.07) is 11.2. The first kappa shape index (κ1) is 19.8. The van der Waals surface area contributed by atoms with Crippen molar-refractivity contribution in [2.75, 3.05) is 10.6 Å². The molecule has 4 rings (SSSR count). The van der Waals surface area contributed by atoms with Gasteiger partial charge in [0, 0.05) is 35.8 Å².